The van der Waals surface area contributed by atoms with Crippen LogP contribution >= 0.6 is 0 Å². The lowest BCUT2D eigenvalue weighted by molar-refractivity contribution is -0.120. The lowest BCUT2D eigenvalue weighted by Crippen LogP contribution is -2.38. The monoisotopic (exact) mass is 276 g/mol. The molecule has 0 unspecified atom stereocenters. The Labute approximate surface area is 105 Å². The molecule has 0 aromatic carbocycles. The third kappa shape index (κ3) is 4.43. The summed E-state index contributed by atoms with van der Waals surface area (Å²) in [6.07, 6.45) is 1.19. The quantitative estimate of drug-likeness (QED) is 0.539. The fraction of sp³-hybridized carbons (Fsp3) is 0.556. The summed E-state index contributed by atoms with van der Waals surface area (Å²) in [6, 6.07) is 0. The molecule has 1 rings (SSSR count). The van der Waals surface area contributed by atoms with Crippen LogP contribution < -0.4 is 10.0 Å². The van der Waals surface area contributed by atoms with Gasteiger partial charge in [-0.05, 0) is 6.92 Å². The molecular weight excluding hydrogens is 260 g/mol. The molecule has 102 valence electrons. The second-order valence-electron chi connectivity index (χ2n) is 3.50. The van der Waals surface area contributed by atoms with Crippen LogP contribution in [0, 0.1) is 6.92 Å². The Balaban J connectivity index is 2.45. The molecule has 0 aliphatic heterocycles. The van der Waals surface area contributed by atoms with E-state index in [1.807, 2.05) is 0 Å². The largest absolute Gasteiger partial charge is 0.383 e. The van der Waals surface area contributed by atoms with Crippen molar-refractivity contribution in [3.05, 3.63) is 12.0 Å². The maximum Gasteiger partial charge on any atom is 0.258 e. The highest BCUT2D eigenvalue weighted by Crippen LogP contribution is 2.03. The van der Waals surface area contributed by atoms with Crippen LogP contribution in [0.1, 0.15) is 5.82 Å². The van der Waals surface area contributed by atoms with E-state index in [0.29, 0.717) is 19.0 Å². The number of nitrogens with one attached hydrogen (secondary N) is 3. The molecule has 0 fully saturated rings. The summed E-state index contributed by atoms with van der Waals surface area (Å²) >= 11 is 0. The minimum atomic E-state index is -3.73. The van der Waals surface area contributed by atoms with Crippen molar-refractivity contribution in [2.45, 2.75) is 11.9 Å². The number of rotatable bonds is 7. The molecule has 1 amide bonds. The molecule has 0 radical (unpaired) electrons. The van der Waals surface area contributed by atoms with E-state index in [1.54, 1.807) is 6.92 Å². The Morgan fingerprint density at radius 1 is 1.56 bits per heavy atom. The third-order valence-corrected chi connectivity index (χ3v) is 3.33. The third-order valence-electron chi connectivity index (χ3n) is 2.02. The lowest BCUT2D eigenvalue weighted by Gasteiger charge is -2.06. The smallest absolute Gasteiger partial charge is 0.258 e. The van der Waals surface area contributed by atoms with Gasteiger partial charge in [-0.2, -0.15) is 0 Å². The average Bonchev–Trinajstić information content (AvgIpc) is 2.75. The number of aromatic nitrogens is 2. The number of H-pyrrole nitrogens is 1. The van der Waals surface area contributed by atoms with Crippen LogP contribution in [0.15, 0.2) is 11.2 Å². The number of carbonyl (C=O) groups is 1. The van der Waals surface area contributed by atoms with Crippen LogP contribution in [0.3, 0.4) is 0 Å². The first kappa shape index (κ1) is 14.6. The SMILES string of the molecule is COCCNC(=O)CNS(=O)(=O)c1cnc(C)[nH]1. The molecule has 1 aromatic heterocycles. The van der Waals surface area contributed by atoms with Gasteiger partial charge in [0.2, 0.25) is 5.91 Å². The van der Waals surface area contributed by atoms with Crippen LogP contribution in [0.5, 0.6) is 0 Å². The number of imidazole rings is 1. The van der Waals surface area contributed by atoms with Crippen molar-refractivity contribution in [3.63, 3.8) is 0 Å². The van der Waals surface area contributed by atoms with Crippen molar-refractivity contribution in [1.82, 2.24) is 20.0 Å². The Morgan fingerprint density at radius 3 is 2.83 bits per heavy atom. The van der Waals surface area contributed by atoms with E-state index in [2.05, 4.69) is 20.0 Å². The van der Waals surface area contributed by atoms with Gasteiger partial charge in [0.1, 0.15) is 5.82 Å². The van der Waals surface area contributed by atoms with Crippen LogP contribution in [-0.2, 0) is 19.6 Å². The van der Waals surface area contributed by atoms with E-state index in [1.165, 1.54) is 13.3 Å². The molecule has 0 saturated heterocycles. The van der Waals surface area contributed by atoms with E-state index >= 15 is 0 Å². The summed E-state index contributed by atoms with van der Waals surface area (Å²) in [5.74, 6) is 0.0618. The van der Waals surface area contributed by atoms with Gasteiger partial charge in [-0.1, -0.05) is 0 Å². The molecule has 3 N–H and O–H groups in total. The molecule has 0 atom stereocenters. The molecule has 0 aliphatic carbocycles. The second kappa shape index (κ2) is 6.47. The molecule has 1 aromatic rings. The van der Waals surface area contributed by atoms with Gasteiger partial charge >= 0.3 is 0 Å². The summed E-state index contributed by atoms with van der Waals surface area (Å²) in [5.41, 5.74) is 0. The second-order valence-corrected chi connectivity index (χ2v) is 5.24. The predicted molar refractivity (Wildman–Crippen MR) is 63.4 cm³/mol. The first-order valence-corrected chi connectivity index (χ1v) is 6.71. The van der Waals surface area contributed by atoms with E-state index < -0.39 is 15.9 Å². The molecule has 0 spiro atoms. The molecule has 0 saturated carbocycles. The predicted octanol–water partition coefficient (Wildman–Crippen LogP) is -1.24. The van der Waals surface area contributed by atoms with Gasteiger partial charge < -0.3 is 15.0 Å². The van der Waals surface area contributed by atoms with Crippen molar-refractivity contribution in [3.8, 4) is 0 Å². The topological polar surface area (TPSA) is 113 Å². The van der Waals surface area contributed by atoms with Crippen molar-refractivity contribution in [1.29, 1.82) is 0 Å². The van der Waals surface area contributed by atoms with Gasteiger partial charge in [-0.25, -0.2) is 18.1 Å². The van der Waals surface area contributed by atoms with E-state index in [-0.39, 0.29) is 11.6 Å². The Bertz CT molecular complexity index is 496. The number of aryl methyl sites for hydroxylation is 1. The first-order valence-electron chi connectivity index (χ1n) is 5.22. The maximum absolute atomic E-state index is 11.7. The van der Waals surface area contributed by atoms with E-state index in [4.69, 9.17) is 4.74 Å². The molecular formula is C9H16N4O4S. The molecule has 0 aliphatic rings. The number of hydrogen-bond acceptors (Lipinski definition) is 5. The summed E-state index contributed by atoms with van der Waals surface area (Å²) in [4.78, 5) is 17.6. The van der Waals surface area contributed by atoms with Crippen molar-refractivity contribution in [2.75, 3.05) is 26.8 Å². The fourth-order valence-electron chi connectivity index (χ4n) is 1.13. The molecule has 18 heavy (non-hydrogen) atoms. The van der Waals surface area contributed by atoms with Crippen LogP contribution in [0.4, 0.5) is 0 Å². The normalized spacial score (nSPS) is 11.4. The van der Waals surface area contributed by atoms with Gasteiger partial charge in [-0.3, -0.25) is 4.79 Å². The van der Waals surface area contributed by atoms with E-state index in [0.717, 1.165) is 0 Å². The molecule has 9 heteroatoms. The fourth-order valence-corrected chi connectivity index (χ4v) is 2.08. The minimum absolute atomic E-state index is 0.0651. The number of nitrogens with zero attached hydrogens (tertiary/aromatic N) is 1. The number of carbonyl (C=O) groups excluding carboxylic acids is 1. The summed E-state index contributed by atoms with van der Waals surface area (Å²) in [7, 11) is -2.22. The number of aromatic amines is 1. The minimum Gasteiger partial charge on any atom is -0.383 e. The zero-order valence-corrected chi connectivity index (χ0v) is 11.0. The first-order chi connectivity index (χ1) is 8.45. The molecule has 1 heterocycles. The summed E-state index contributed by atoms with van der Waals surface area (Å²) < 4.78 is 30.3. The molecule has 0 bridgehead atoms. The lowest BCUT2D eigenvalue weighted by atomic mass is 10.6. The van der Waals surface area contributed by atoms with Crippen molar-refractivity contribution < 1.29 is 17.9 Å². The highest BCUT2D eigenvalue weighted by molar-refractivity contribution is 7.89. The number of sulfonamides is 1. The summed E-state index contributed by atoms with van der Waals surface area (Å²) in [5, 5.41) is 2.43. The summed E-state index contributed by atoms with van der Waals surface area (Å²) in [6.45, 7) is 2.01. The average molecular weight is 276 g/mol. The number of methoxy groups -OCH3 is 1. The highest BCUT2D eigenvalue weighted by atomic mass is 32.2. The van der Waals surface area contributed by atoms with Crippen molar-refractivity contribution in [2.24, 2.45) is 0 Å². The maximum atomic E-state index is 11.7. The van der Waals surface area contributed by atoms with Crippen LogP contribution in [-0.4, -0.2) is 51.1 Å². The standard InChI is InChI=1S/C9H16N4O4S/c1-7-11-6-9(13-7)18(15,16)12-5-8(14)10-3-4-17-2/h6,12H,3-5H2,1-2H3,(H,10,14)(H,11,13). The van der Waals surface area contributed by atoms with Gasteiger partial charge in [0, 0.05) is 13.7 Å². The number of hydrogen-bond donors (Lipinski definition) is 3. The highest BCUT2D eigenvalue weighted by Gasteiger charge is 2.17. The van der Waals surface area contributed by atoms with Gasteiger partial charge in [0.25, 0.3) is 10.0 Å². The van der Waals surface area contributed by atoms with Gasteiger partial charge in [-0.15, -0.1) is 0 Å². The number of amides is 1. The molecule has 8 nitrogen and oxygen atoms in total. The van der Waals surface area contributed by atoms with Crippen molar-refractivity contribution >= 4 is 15.9 Å². The Kier molecular flexibility index (Phi) is 5.25. The number of ether oxygens (including phenoxy) is 1. The zero-order chi connectivity index (χ0) is 13.6. The Hall–Kier alpha value is -1.45. The van der Waals surface area contributed by atoms with Crippen LogP contribution in [0.25, 0.3) is 0 Å². The van der Waals surface area contributed by atoms with Gasteiger partial charge in [0.05, 0.1) is 19.3 Å². The Morgan fingerprint density at radius 2 is 2.28 bits per heavy atom. The van der Waals surface area contributed by atoms with Crippen LogP contribution in [0.2, 0.25) is 0 Å². The van der Waals surface area contributed by atoms with Gasteiger partial charge in [0.15, 0.2) is 5.03 Å². The van der Waals surface area contributed by atoms with E-state index in [9.17, 15) is 13.2 Å². The zero-order valence-electron chi connectivity index (χ0n) is 10.2.